The molecule has 0 fully saturated rings. The number of carbonyl (C=O) groups excluding carboxylic acids is 1. The summed E-state index contributed by atoms with van der Waals surface area (Å²) in [5.74, 6) is -0.229. The number of amides is 1. The predicted octanol–water partition coefficient (Wildman–Crippen LogP) is 2.69. The molecule has 1 amide bonds. The number of rotatable bonds is 7. The number of imidazole rings is 1. The Balaban J connectivity index is 1.95. The van der Waals surface area contributed by atoms with Crippen molar-refractivity contribution in [1.29, 1.82) is 0 Å². The van der Waals surface area contributed by atoms with E-state index in [1.54, 1.807) is 12.5 Å². The van der Waals surface area contributed by atoms with E-state index in [4.69, 9.17) is 0 Å². The molecule has 1 aromatic heterocycles. The van der Waals surface area contributed by atoms with Gasteiger partial charge in [0.1, 0.15) is 5.75 Å². The zero-order chi connectivity index (χ0) is 15.9. The summed E-state index contributed by atoms with van der Waals surface area (Å²) in [5.41, 5.74) is 0.394. The lowest BCUT2D eigenvalue weighted by Gasteiger charge is -2.17. The fraction of sp³-hybridized carbons (Fsp3) is 0.333. The maximum Gasteiger partial charge on any atom is 0.387 e. The van der Waals surface area contributed by atoms with Crippen molar-refractivity contribution in [3.63, 3.8) is 0 Å². The summed E-state index contributed by atoms with van der Waals surface area (Å²) in [4.78, 5) is 16.1. The molecule has 0 saturated heterocycles. The van der Waals surface area contributed by atoms with Crippen LogP contribution in [0.5, 0.6) is 5.75 Å². The molecule has 1 N–H and O–H groups in total. The lowest BCUT2D eigenvalue weighted by atomic mass is 10.1. The molecule has 2 aromatic rings. The number of carbonyl (C=O) groups is 1. The molecule has 1 atom stereocenters. The highest BCUT2D eigenvalue weighted by atomic mass is 19.3. The summed E-state index contributed by atoms with van der Waals surface area (Å²) in [6.07, 6.45) is 5.95. The Hall–Kier alpha value is -2.44. The molecule has 2 rings (SSSR count). The standard InChI is InChI=1S/C15H17F2N3O2/c1-2-12(9-20-8-7-18-10-20)19-14(21)11-3-5-13(6-4-11)22-15(16)17/h3-8,10,12,15H,2,9H2,1H3,(H,19,21). The number of ether oxygens (including phenoxy) is 1. The van der Waals surface area contributed by atoms with Gasteiger partial charge in [-0.3, -0.25) is 4.79 Å². The van der Waals surface area contributed by atoms with Crippen LogP contribution in [0, 0.1) is 0 Å². The van der Waals surface area contributed by atoms with E-state index in [0.29, 0.717) is 12.1 Å². The summed E-state index contributed by atoms with van der Waals surface area (Å²) in [5, 5.41) is 2.90. The van der Waals surface area contributed by atoms with Crippen LogP contribution in [-0.4, -0.2) is 28.1 Å². The fourth-order valence-electron chi connectivity index (χ4n) is 1.98. The number of hydrogen-bond donors (Lipinski definition) is 1. The highest BCUT2D eigenvalue weighted by molar-refractivity contribution is 5.94. The van der Waals surface area contributed by atoms with E-state index < -0.39 is 6.61 Å². The molecule has 0 radical (unpaired) electrons. The van der Waals surface area contributed by atoms with Crippen LogP contribution in [0.15, 0.2) is 43.0 Å². The van der Waals surface area contributed by atoms with Crippen LogP contribution < -0.4 is 10.1 Å². The second kappa shape index (κ2) is 7.53. The molecule has 1 aromatic carbocycles. The Morgan fingerprint density at radius 2 is 2.09 bits per heavy atom. The minimum absolute atomic E-state index is 0.0250. The van der Waals surface area contributed by atoms with Crippen LogP contribution >= 0.6 is 0 Å². The van der Waals surface area contributed by atoms with Crippen molar-refractivity contribution < 1.29 is 18.3 Å². The first kappa shape index (κ1) is 15.9. The molecule has 0 aliphatic heterocycles. The van der Waals surface area contributed by atoms with E-state index >= 15 is 0 Å². The van der Waals surface area contributed by atoms with E-state index in [1.807, 2.05) is 17.7 Å². The minimum Gasteiger partial charge on any atom is -0.435 e. The molecule has 0 spiro atoms. The van der Waals surface area contributed by atoms with Crippen molar-refractivity contribution in [1.82, 2.24) is 14.9 Å². The highest BCUT2D eigenvalue weighted by Gasteiger charge is 2.13. The van der Waals surface area contributed by atoms with E-state index in [1.165, 1.54) is 24.3 Å². The summed E-state index contributed by atoms with van der Waals surface area (Å²) >= 11 is 0. The number of hydrogen-bond acceptors (Lipinski definition) is 3. The summed E-state index contributed by atoms with van der Waals surface area (Å²) in [6, 6.07) is 5.56. The first-order valence-corrected chi connectivity index (χ1v) is 6.90. The molecule has 22 heavy (non-hydrogen) atoms. The molecular weight excluding hydrogens is 292 g/mol. The number of nitrogens with zero attached hydrogens (tertiary/aromatic N) is 2. The average Bonchev–Trinajstić information content (AvgIpc) is 2.99. The molecule has 1 unspecified atom stereocenters. The molecule has 0 saturated carbocycles. The topological polar surface area (TPSA) is 56.2 Å². The summed E-state index contributed by atoms with van der Waals surface area (Å²) in [6.45, 7) is -0.282. The smallest absolute Gasteiger partial charge is 0.387 e. The maximum absolute atomic E-state index is 12.2. The van der Waals surface area contributed by atoms with Gasteiger partial charge in [0, 0.05) is 30.5 Å². The number of halogens is 2. The van der Waals surface area contributed by atoms with Crippen molar-refractivity contribution in [2.45, 2.75) is 32.5 Å². The lowest BCUT2D eigenvalue weighted by molar-refractivity contribution is -0.0498. The second-order valence-electron chi connectivity index (χ2n) is 4.74. The van der Waals surface area contributed by atoms with Crippen molar-refractivity contribution in [3.05, 3.63) is 48.5 Å². The maximum atomic E-state index is 12.2. The van der Waals surface area contributed by atoms with Gasteiger partial charge in [-0.05, 0) is 30.7 Å². The predicted molar refractivity (Wildman–Crippen MR) is 76.8 cm³/mol. The van der Waals surface area contributed by atoms with E-state index in [0.717, 1.165) is 6.42 Å². The van der Waals surface area contributed by atoms with Gasteiger partial charge in [-0.15, -0.1) is 0 Å². The van der Waals surface area contributed by atoms with Crippen LogP contribution in [0.25, 0.3) is 0 Å². The van der Waals surface area contributed by atoms with E-state index in [2.05, 4.69) is 15.0 Å². The minimum atomic E-state index is -2.88. The Kier molecular flexibility index (Phi) is 5.46. The number of nitrogens with one attached hydrogen (secondary N) is 1. The Bertz CT molecular complexity index is 585. The summed E-state index contributed by atoms with van der Waals surface area (Å²) < 4.78 is 30.3. The van der Waals surface area contributed by atoms with Crippen LogP contribution in [0.2, 0.25) is 0 Å². The van der Waals surface area contributed by atoms with Gasteiger partial charge >= 0.3 is 6.61 Å². The van der Waals surface area contributed by atoms with Gasteiger partial charge in [-0.1, -0.05) is 6.92 Å². The van der Waals surface area contributed by atoms with Crippen LogP contribution in [0.3, 0.4) is 0 Å². The third kappa shape index (κ3) is 4.54. The van der Waals surface area contributed by atoms with Crippen LogP contribution in [0.1, 0.15) is 23.7 Å². The van der Waals surface area contributed by atoms with Crippen molar-refractivity contribution in [2.24, 2.45) is 0 Å². The SMILES string of the molecule is CCC(Cn1ccnc1)NC(=O)c1ccc(OC(F)F)cc1. The van der Waals surface area contributed by atoms with Gasteiger partial charge < -0.3 is 14.6 Å². The molecule has 0 aliphatic carbocycles. The number of aromatic nitrogens is 2. The number of alkyl halides is 2. The molecule has 0 aliphatic rings. The van der Waals surface area contributed by atoms with E-state index in [9.17, 15) is 13.6 Å². The van der Waals surface area contributed by atoms with Crippen molar-refractivity contribution in [2.75, 3.05) is 0 Å². The molecule has 118 valence electrons. The van der Waals surface area contributed by atoms with Crippen LogP contribution in [-0.2, 0) is 6.54 Å². The molecular formula is C15H17F2N3O2. The molecule has 5 nitrogen and oxygen atoms in total. The Morgan fingerprint density at radius 1 is 1.36 bits per heavy atom. The van der Waals surface area contributed by atoms with Crippen LogP contribution in [0.4, 0.5) is 8.78 Å². The largest absolute Gasteiger partial charge is 0.435 e. The molecule has 7 heteroatoms. The van der Waals surface area contributed by atoms with Gasteiger partial charge in [-0.25, -0.2) is 4.98 Å². The summed E-state index contributed by atoms with van der Waals surface area (Å²) in [7, 11) is 0. The monoisotopic (exact) mass is 309 g/mol. The first-order valence-electron chi connectivity index (χ1n) is 6.90. The van der Waals surface area contributed by atoms with Gasteiger partial charge in [0.05, 0.1) is 6.33 Å². The molecule has 1 heterocycles. The zero-order valence-corrected chi connectivity index (χ0v) is 12.1. The van der Waals surface area contributed by atoms with Gasteiger partial charge in [-0.2, -0.15) is 8.78 Å². The van der Waals surface area contributed by atoms with Crippen molar-refractivity contribution in [3.8, 4) is 5.75 Å². The third-order valence-electron chi connectivity index (χ3n) is 3.16. The highest BCUT2D eigenvalue weighted by Crippen LogP contribution is 2.15. The lowest BCUT2D eigenvalue weighted by Crippen LogP contribution is -2.37. The number of benzene rings is 1. The second-order valence-corrected chi connectivity index (χ2v) is 4.74. The molecule has 0 bridgehead atoms. The van der Waals surface area contributed by atoms with Gasteiger partial charge in [0.2, 0.25) is 0 Å². The Morgan fingerprint density at radius 3 is 2.64 bits per heavy atom. The zero-order valence-electron chi connectivity index (χ0n) is 12.1. The van der Waals surface area contributed by atoms with Gasteiger partial charge in [0.15, 0.2) is 0 Å². The quantitative estimate of drug-likeness (QED) is 0.855. The first-order chi connectivity index (χ1) is 10.6. The Labute approximate surface area is 126 Å². The normalized spacial score (nSPS) is 12.2. The van der Waals surface area contributed by atoms with Gasteiger partial charge in [0.25, 0.3) is 5.91 Å². The average molecular weight is 309 g/mol. The van der Waals surface area contributed by atoms with E-state index in [-0.39, 0.29) is 17.7 Å². The fourth-order valence-corrected chi connectivity index (χ4v) is 1.98. The third-order valence-corrected chi connectivity index (χ3v) is 3.16. The van der Waals surface area contributed by atoms with Crippen molar-refractivity contribution >= 4 is 5.91 Å².